The molecular weight excluding hydrogens is 574 g/mol. The van der Waals surface area contributed by atoms with Gasteiger partial charge in [0.1, 0.15) is 12.6 Å². The SMILES string of the molecule is O=C(NC1CC(=O)N(c2ccc([C@@H]3O[C@H](CN4CCCCC4)C[C@H](c4ccc(CO)cc4)O3)cc2)C1=O)OCc1ccccc1. The van der Waals surface area contributed by atoms with Crippen LogP contribution in [0.1, 0.15) is 66.8 Å². The van der Waals surface area contributed by atoms with Gasteiger partial charge in [0.05, 0.1) is 30.9 Å². The first-order chi connectivity index (χ1) is 22.0. The Morgan fingerprint density at radius 3 is 2.29 bits per heavy atom. The molecule has 4 atom stereocenters. The fourth-order valence-corrected chi connectivity index (χ4v) is 6.17. The van der Waals surface area contributed by atoms with Gasteiger partial charge in [0.25, 0.3) is 5.91 Å². The second-order valence-electron chi connectivity index (χ2n) is 11.8. The number of hydrogen-bond acceptors (Lipinski definition) is 8. The Hall–Kier alpha value is -4.09. The fourth-order valence-electron chi connectivity index (χ4n) is 6.17. The largest absolute Gasteiger partial charge is 0.445 e. The maximum Gasteiger partial charge on any atom is 0.408 e. The van der Waals surface area contributed by atoms with Crippen LogP contribution in [-0.2, 0) is 37.0 Å². The van der Waals surface area contributed by atoms with Crippen molar-refractivity contribution in [1.29, 1.82) is 0 Å². The molecule has 6 rings (SSSR count). The van der Waals surface area contributed by atoms with E-state index in [4.69, 9.17) is 14.2 Å². The van der Waals surface area contributed by atoms with Gasteiger partial charge in [-0.1, -0.05) is 73.2 Å². The molecule has 0 aromatic heterocycles. The van der Waals surface area contributed by atoms with E-state index in [9.17, 15) is 19.5 Å². The minimum Gasteiger partial charge on any atom is -0.445 e. The summed E-state index contributed by atoms with van der Waals surface area (Å²) in [5.74, 6) is -0.915. The van der Waals surface area contributed by atoms with E-state index in [2.05, 4.69) is 10.2 Å². The maximum absolute atomic E-state index is 13.2. The first-order valence-corrected chi connectivity index (χ1v) is 15.6. The lowest BCUT2D eigenvalue weighted by Crippen LogP contribution is -2.42. The zero-order valence-corrected chi connectivity index (χ0v) is 25.2. The van der Waals surface area contributed by atoms with Crippen molar-refractivity contribution in [2.24, 2.45) is 0 Å². The van der Waals surface area contributed by atoms with E-state index in [1.807, 2.05) is 66.7 Å². The van der Waals surface area contributed by atoms with E-state index in [0.717, 1.165) is 46.8 Å². The maximum atomic E-state index is 13.2. The van der Waals surface area contributed by atoms with Gasteiger partial charge >= 0.3 is 6.09 Å². The van der Waals surface area contributed by atoms with Crippen molar-refractivity contribution >= 4 is 23.6 Å². The molecule has 10 heteroatoms. The van der Waals surface area contributed by atoms with Crippen molar-refractivity contribution in [2.75, 3.05) is 24.5 Å². The average molecular weight is 614 g/mol. The summed E-state index contributed by atoms with van der Waals surface area (Å²) in [6.07, 6.45) is 2.58. The number of aliphatic hydroxyl groups excluding tert-OH is 1. The lowest BCUT2D eigenvalue weighted by molar-refractivity contribution is -0.253. The van der Waals surface area contributed by atoms with Crippen molar-refractivity contribution in [2.45, 2.75) is 69.9 Å². The minimum absolute atomic E-state index is 0.0152. The number of aliphatic hydroxyl groups is 1. The molecule has 3 aromatic rings. The Bertz CT molecular complexity index is 1460. The highest BCUT2D eigenvalue weighted by atomic mass is 16.7. The topological polar surface area (TPSA) is 118 Å². The van der Waals surface area contributed by atoms with Gasteiger partial charge in [-0.25, -0.2) is 9.69 Å². The van der Waals surface area contributed by atoms with Crippen LogP contribution >= 0.6 is 0 Å². The van der Waals surface area contributed by atoms with Crippen LogP contribution in [0.4, 0.5) is 10.5 Å². The summed E-state index contributed by atoms with van der Waals surface area (Å²) in [7, 11) is 0. The molecule has 3 aliphatic heterocycles. The molecule has 0 saturated carbocycles. The van der Waals surface area contributed by atoms with Crippen LogP contribution < -0.4 is 10.2 Å². The molecule has 0 aliphatic carbocycles. The van der Waals surface area contributed by atoms with E-state index < -0.39 is 30.2 Å². The molecule has 1 unspecified atom stereocenters. The van der Waals surface area contributed by atoms with Gasteiger partial charge in [-0.2, -0.15) is 0 Å². The number of imide groups is 1. The molecule has 2 N–H and O–H groups in total. The number of rotatable bonds is 9. The predicted molar refractivity (Wildman–Crippen MR) is 166 cm³/mol. The second-order valence-corrected chi connectivity index (χ2v) is 11.8. The number of benzene rings is 3. The summed E-state index contributed by atoms with van der Waals surface area (Å²) < 4.78 is 18.2. The molecule has 3 heterocycles. The number of likely N-dealkylation sites (tertiary alicyclic amines) is 1. The molecule has 0 spiro atoms. The zero-order chi connectivity index (χ0) is 31.2. The van der Waals surface area contributed by atoms with E-state index in [0.29, 0.717) is 12.1 Å². The van der Waals surface area contributed by atoms with E-state index >= 15 is 0 Å². The van der Waals surface area contributed by atoms with E-state index in [1.165, 1.54) is 19.3 Å². The van der Waals surface area contributed by atoms with Crippen LogP contribution in [0.2, 0.25) is 0 Å². The van der Waals surface area contributed by atoms with Gasteiger partial charge < -0.3 is 29.5 Å². The zero-order valence-electron chi connectivity index (χ0n) is 25.2. The summed E-state index contributed by atoms with van der Waals surface area (Å²) in [5.41, 5.74) is 3.87. The average Bonchev–Trinajstić information content (AvgIpc) is 3.36. The summed E-state index contributed by atoms with van der Waals surface area (Å²) in [6.45, 7) is 3.00. The molecule has 236 valence electrons. The first-order valence-electron chi connectivity index (χ1n) is 15.6. The number of ether oxygens (including phenoxy) is 3. The minimum atomic E-state index is -1.00. The fraction of sp³-hybridized carbons (Fsp3) is 0.400. The number of alkyl carbamates (subject to hydrolysis) is 1. The number of carbonyl (C=O) groups excluding carboxylic acids is 3. The molecule has 3 fully saturated rings. The second kappa shape index (κ2) is 14.3. The van der Waals surface area contributed by atoms with Gasteiger partial charge in [0.15, 0.2) is 6.29 Å². The van der Waals surface area contributed by atoms with Crippen LogP contribution in [-0.4, -0.2) is 59.7 Å². The Labute approximate surface area is 262 Å². The number of nitrogens with one attached hydrogen (secondary N) is 1. The summed E-state index contributed by atoms with van der Waals surface area (Å²) >= 11 is 0. The van der Waals surface area contributed by atoms with Crippen molar-refractivity contribution in [3.8, 4) is 0 Å². The van der Waals surface area contributed by atoms with E-state index in [1.54, 1.807) is 12.1 Å². The van der Waals surface area contributed by atoms with Crippen molar-refractivity contribution < 1.29 is 33.7 Å². The van der Waals surface area contributed by atoms with Crippen molar-refractivity contribution in [3.05, 3.63) is 101 Å². The highest BCUT2D eigenvalue weighted by molar-refractivity contribution is 6.22. The van der Waals surface area contributed by atoms with Crippen LogP contribution in [0.25, 0.3) is 0 Å². The molecule has 0 radical (unpaired) electrons. The Morgan fingerprint density at radius 2 is 1.58 bits per heavy atom. The lowest BCUT2D eigenvalue weighted by atomic mass is 9.99. The molecule has 0 bridgehead atoms. The third-order valence-electron chi connectivity index (χ3n) is 8.60. The van der Waals surface area contributed by atoms with Crippen LogP contribution in [0, 0.1) is 0 Å². The number of hydrogen-bond donors (Lipinski definition) is 2. The highest BCUT2D eigenvalue weighted by Gasteiger charge is 2.41. The number of amides is 3. The smallest absolute Gasteiger partial charge is 0.408 e. The molecule has 3 aromatic carbocycles. The van der Waals surface area contributed by atoms with Gasteiger partial charge in [0.2, 0.25) is 5.91 Å². The van der Waals surface area contributed by atoms with Gasteiger partial charge in [-0.3, -0.25) is 9.59 Å². The Morgan fingerprint density at radius 1 is 0.867 bits per heavy atom. The summed E-state index contributed by atoms with van der Waals surface area (Å²) in [6, 6.07) is 23.0. The Kier molecular flexibility index (Phi) is 9.85. The van der Waals surface area contributed by atoms with E-state index in [-0.39, 0.29) is 31.8 Å². The Balaban J connectivity index is 1.12. The highest BCUT2D eigenvalue weighted by Crippen LogP contribution is 2.39. The molecule has 3 aliphatic rings. The summed E-state index contributed by atoms with van der Waals surface area (Å²) in [4.78, 5) is 41.9. The quantitative estimate of drug-likeness (QED) is 0.332. The third kappa shape index (κ3) is 7.59. The monoisotopic (exact) mass is 613 g/mol. The number of nitrogens with zero attached hydrogens (tertiary/aromatic N) is 2. The number of carbonyl (C=O) groups is 3. The number of anilines is 1. The standard InChI is InChI=1S/C35H39N3O7/c39-22-24-9-11-26(12-10-24)31-19-29(21-37-17-5-2-6-18-37)44-34(45-31)27-13-15-28(16-14-27)38-32(40)20-30(33(38)41)36-35(42)43-23-25-7-3-1-4-8-25/h1,3-4,7-16,29-31,34,39H,2,5-6,17-23H2,(H,36,42)/t29-,30?,31+,34+/m0/s1. The predicted octanol–water partition coefficient (Wildman–Crippen LogP) is 4.77. The third-order valence-corrected chi connectivity index (χ3v) is 8.60. The molecule has 3 amide bonds. The van der Waals surface area contributed by atoms with Gasteiger partial charge in [0, 0.05) is 18.5 Å². The van der Waals surface area contributed by atoms with Crippen LogP contribution in [0.5, 0.6) is 0 Å². The summed E-state index contributed by atoms with van der Waals surface area (Å²) in [5, 5.41) is 12.0. The normalized spacial score (nSPS) is 24.1. The molecule has 10 nitrogen and oxygen atoms in total. The van der Waals surface area contributed by atoms with Gasteiger partial charge in [-0.05, 0) is 54.8 Å². The van der Waals surface area contributed by atoms with Gasteiger partial charge in [-0.15, -0.1) is 0 Å². The number of piperidine rings is 1. The van der Waals surface area contributed by atoms with Crippen LogP contribution in [0.15, 0.2) is 78.9 Å². The molecular formula is C35H39N3O7. The van der Waals surface area contributed by atoms with Crippen molar-refractivity contribution in [1.82, 2.24) is 10.2 Å². The van der Waals surface area contributed by atoms with Crippen LogP contribution in [0.3, 0.4) is 0 Å². The molecule has 45 heavy (non-hydrogen) atoms. The lowest BCUT2D eigenvalue weighted by Gasteiger charge is -2.39. The molecule has 3 saturated heterocycles. The first kappa shape index (κ1) is 30.9. The van der Waals surface area contributed by atoms with Crippen molar-refractivity contribution in [3.63, 3.8) is 0 Å².